The summed E-state index contributed by atoms with van der Waals surface area (Å²) in [6, 6.07) is 1.79. The molecule has 0 bridgehead atoms. The summed E-state index contributed by atoms with van der Waals surface area (Å²) in [6.07, 6.45) is 2.12. The van der Waals surface area contributed by atoms with Crippen LogP contribution in [-0.4, -0.2) is 41.6 Å². The van der Waals surface area contributed by atoms with Gasteiger partial charge in [0.15, 0.2) is 6.61 Å². The van der Waals surface area contributed by atoms with E-state index in [4.69, 9.17) is 9.84 Å². The van der Waals surface area contributed by atoms with Gasteiger partial charge in [-0.15, -0.1) is 11.3 Å². The summed E-state index contributed by atoms with van der Waals surface area (Å²) in [5.74, 6) is -0.619. The topological polar surface area (TPSA) is 66.8 Å². The number of ether oxygens (including phenoxy) is 1. The predicted molar refractivity (Wildman–Crippen MR) is 62.6 cm³/mol. The van der Waals surface area contributed by atoms with Crippen LogP contribution in [0.25, 0.3) is 0 Å². The highest BCUT2D eigenvalue weighted by Gasteiger charge is 2.29. The first-order chi connectivity index (χ1) is 8.08. The molecule has 1 aliphatic carbocycles. The molecule has 0 aromatic carbocycles. The van der Waals surface area contributed by atoms with E-state index in [1.54, 1.807) is 17.3 Å². The molecule has 0 spiro atoms. The summed E-state index contributed by atoms with van der Waals surface area (Å²) in [5.41, 5.74) is 0. The van der Waals surface area contributed by atoms with Gasteiger partial charge in [-0.2, -0.15) is 0 Å². The van der Waals surface area contributed by atoms with Gasteiger partial charge in [0, 0.05) is 24.5 Å². The Hall–Kier alpha value is -1.56. The van der Waals surface area contributed by atoms with Crippen molar-refractivity contribution in [3.05, 3.63) is 16.3 Å². The van der Waals surface area contributed by atoms with Gasteiger partial charge in [0.05, 0.1) is 0 Å². The van der Waals surface area contributed by atoms with E-state index in [0.29, 0.717) is 11.8 Å². The first-order valence-electron chi connectivity index (χ1n) is 5.28. The molecule has 0 radical (unpaired) electrons. The average Bonchev–Trinajstić information content (AvgIpc) is 3.03. The van der Waals surface area contributed by atoms with E-state index >= 15 is 0 Å². The van der Waals surface area contributed by atoms with E-state index in [1.165, 1.54) is 6.07 Å². The molecule has 17 heavy (non-hydrogen) atoms. The minimum atomic E-state index is -0.980. The second-order valence-corrected chi connectivity index (χ2v) is 4.89. The van der Waals surface area contributed by atoms with E-state index in [2.05, 4.69) is 0 Å². The van der Waals surface area contributed by atoms with Crippen molar-refractivity contribution in [2.75, 3.05) is 13.7 Å². The number of hydrogen-bond donors (Lipinski definition) is 1. The second kappa shape index (κ2) is 4.75. The van der Waals surface area contributed by atoms with Crippen molar-refractivity contribution in [2.45, 2.75) is 18.9 Å². The first-order valence-corrected chi connectivity index (χ1v) is 6.16. The zero-order valence-electron chi connectivity index (χ0n) is 9.38. The maximum atomic E-state index is 11.6. The number of carboxylic acid groups (broad SMARTS) is 1. The molecule has 0 aliphatic heterocycles. The van der Waals surface area contributed by atoms with Gasteiger partial charge in [-0.25, -0.2) is 4.79 Å². The molecule has 1 N–H and O–H groups in total. The highest BCUT2D eigenvalue weighted by molar-refractivity contribution is 7.12. The van der Waals surface area contributed by atoms with Gasteiger partial charge in [0.25, 0.3) is 5.91 Å². The van der Waals surface area contributed by atoms with Crippen LogP contribution in [0.4, 0.5) is 0 Å². The van der Waals surface area contributed by atoms with Crippen LogP contribution in [0, 0.1) is 0 Å². The molecule has 0 atom stereocenters. The number of likely N-dealkylation sites (N-methyl/N-ethyl adjacent to an activating group) is 1. The number of nitrogens with zero attached hydrogens (tertiary/aromatic N) is 1. The second-order valence-electron chi connectivity index (χ2n) is 3.98. The normalized spacial score (nSPS) is 14.4. The fourth-order valence-corrected chi connectivity index (χ4v) is 2.08. The first kappa shape index (κ1) is 11.9. The van der Waals surface area contributed by atoms with Crippen LogP contribution in [-0.2, 0) is 4.79 Å². The summed E-state index contributed by atoms with van der Waals surface area (Å²) < 4.78 is 5.25. The van der Waals surface area contributed by atoms with Gasteiger partial charge in [-0.05, 0) is 12.8 Å². The number of amides is 1. The minimum Gasteiger partial charge on any atom is -0.483 e. The predicted octanol–water partition coefficient (Wildman–Crippen LogP) is 1.45. The Bertz CT molecular complexity index is 438. The Morgan fingerprint density at radius 1 is 1.59 bits per heavy atom. The van der Waals surface area contributed by atoms with Gasteiger partial charge in [-0.3, -0.25) is 4.79 Å². The van der Waals surface area contributed by atoms with Gasteiger partial charge in [0.2, 0.25) is 0 Å². The largest absolute Gasteiger partial charge is 0.483 e. The Kier molecular flexibility index (Phi) is 3.33. The zero-order chi connectivity index (χ0) is 12.4. The number of rotatable bonds is 5. The summed E-state index contributed by atoms with van der Waals surface area (Å²) in [7, 11) is 1.76. The zero-order valence-corrected chi connectivity index (χ0v) is 10.2. The number of carbonyl (C=O) groups is 2. The Morgan fingerprint density at radius 3 is 2.82 bits per heavy atom. The standard InChI is InChI=1S/C11H13NO4S/c1-12(7-2-3-7)10(13)5-16-8-4-9(11(14)15)17-6-8/h4,6-7H,2-3,5H2,1H3,(H,14,15). The third-order valence-corrected chi connectivity index (χ3v) is 3.53. The molecule has 6 heteroatoms. The van der Waals surface area contributed by atoms with Crippen LogP contribution < -0.4 is 4.74 Å². The molecule has 1 saturated carbocycles. The molecule has 1 amide bonds. The highest BCUT2D eigenvalue weighted by atomic mass is 32.1. The molecule has 1 aromatic heterocycles. The summed E-state index contributed by atoms with van der Waals surface area (Å²) in [4.78, 5) is 24.2. The average molecular weight is 255 g/mol. The third-order valence-electron chi connectivity index (χ3n) is 2.64. The van der Waals surface area contributed by atoms with Crippen LogP contribution in [0.1, 0.15) is 22.5 Å². The van der Waals surface area contributed by atoms with Gasteiger partial charge >= 0.3 is 5.97 Å². The number of hydrogen-bond acceptors (Lipinski definition) is 4. The fraction of sp³-hybridized carbons (Fsp3) is 0.455. The summed E-state index contributed by atoms with van der Waals surface area (Å²) >= 11 is 1.09. The lowest BCUT2D eigenvalue weighted by molar-refractivity contribution is -0.132. The lowest BCUT2D eigenvalue weighted by Gasteiger charge is -2.15. The number of aromatic carboxylic acids is 1. The number of carboxylic acids is 1. The van der Waals surface area contributed by atoms with E-state index in [9.17, 15) is 9.59 Å². The van der Waals surface area contributed by atoms with Gasteiger partial charge < -0.3 is 14.7 Å². The Labute approximate surface area is 103 Å². The molecule has 2 rings (SSSR count). The lowest BCUT2D eigenvalue weighted by atomic mass is 10.4. The monoisotopic (exact) mass is 255 g/mol. The van der Waals surface area contributed by atoms with Crippen LogP contribution in [0.2, 0.25) is 0 Å². The SMILES string of the molecule is CN(C(=O)COc1csc(C(=O)O)c1)C1CC1. The molecule has 0 saturated heterocycles. The number of carbonyl (C=O) groups excluding carboxylic acids is 1. The Balaban J connectivity index is 1.84. The molecule has 1 aliphatic rings. The molecule has 0 unspecified atom stereocenters. The smallest absolute Gasteiger partial charge is 0.346 e. The van der Waals surface area contributed by atoms with Crippen molar-refractivity contribution in [1.82, 2.24) is 4.90 Å². The van der Waals surface area contributed by atoms with Crippen LogP contribution in [0.3, 0.4) is 0 Å². The molecule has 92 valence electrons. The number of thiophene rings is 1. The van der Waals surface area contributed by atoms with Crippen LogP contribution in [0.5, 0.6) is 5.75 Å². The molecular formula is C11H13NO4S. The summed E-state index contributed by atoms with van der Waals surface area (Å²) in [6.45, 7) is -0.0389. The van der Waals surface area contributed by atoms with E-state index in [0.717, 1.165) is 24.2 Å². The van der Waals surface area contributed by atoms with E-state index in [-0.39, 0.29) is 17.4 Å². The maximum Gasteiger partial charge on any atom is 0.346 e. The molecule has 1 fully saturated rings. The lowest BCUT2D eigenvalue weighted by Crippen LogP contribution is -2.33. The Morgan fingerprint density at radius 2 is 2.29 bits per heavy atom. The van der Waals surface area contributed by atoms with Crippen LogP contribution >= 0.6 is 11.3 Å². The summed E-state index contributed by atoms with van der Waals surface area (Å²) in [5, 5.41) is 10.3. The van der Waals surface area contributed by atoms with Crippen molar-refractivity contribution in [3.63, 3.8) is 0 Å². The van der Waals surface area contributed by atoms with E-state index in [1.807, 2.05) is 0 Å². The minimum absolute atomic E-state index is 0.0389. The third kappa shape index (κ3) is 2.97. The quantitative estimate of drug-likeness (QED) is 0.864. The van der Waals surface area contributed by atoms with Crippen molar-refractivity contribution >= 4 is 23.2 Å². The van der Waals surface area contributed by atoms with Crippen molar-refractivity contribution in [3.8, 4) is 5.75 Å². The van der Waals surface area contributed by atoms with Gasteiger partial charge in [-0.1, -0.05) is 0 Å². The van der Waals surface area contributed by atoms with Crippen molar-refractivity contribution in [2.24, 2.45) is 0 Å². The molecule has 1 aromatic rings. The highest BCUT2D eigenvalue weighted by Crippen LogP contribution is 2.26. The van der Waals surface area contributed by atoms with Crippen molar-refractivity contribution < 1.29 is 19.4 Å². The fourth-order valence-electron chi connectivity index (χ4n) is 1.42. The van der Waals surface area contributed by atoms with Gasteiger partial charge in [0.1, 0.15) is 10.6 Å². The molecular weight excluding hydrogens is 242 g/mol. The molecule has 1 heterocycles. The molecule has 5 nitrogen and oxygen atoms in total. The maximum absolute atomic E-state index is 11.6. The van der Waals surface area contributed by atoms with Crippen molar-refractivity contribution in [1.29, 1.82) is 0 Å². The van der Waals surface area contributed by atoms with Crippen LogP contribution in [0.15, 0.2) is 11.4 Å². The van der Waals surface area contributed by atoms with E-state index < -0.39 is 5.97 Å².